The van der Waals surface area contributed by atoms with E-state index >= 15 is 0 Å². The van der Waals surface area contributed by atoms with Crippen LogP contribution in [0.5, 0.6) is 0 Å². The average molecular weight is 239 g/mol. The lowest BCUT2D eigenvalue weighted by Gasteiger charge is -2.33. The Morgan fingerprint density at radius 2 is 1.82 bits per heavy atom. The summed E-state index contributed by atoms with van der Waals surface area (Å²) in [4.78, 5) is 2.56. The van der Waals surface area contributed by atoms with Crippen molar-refractivity contribution < 1.29 is 0 Å². The molecule has 0 spiro atoms. The zero-order valence-electron chi connectivity index (χ0n) is 11.3. The zero-order chi connectivity index (χ0) is 12.1. The number of piperidine rings is 1. The van der Waals surface area contributed by atoms with Crippen LogP contribution in [-0.4, -0.2) is 36.7 Å². The Kier molecular flexibility index (Phi) is 5.26. The predicted octanol–water partition coefficient (Wildman–Crippen LogP) is 2.07. The highest BCUT2D eigenvalue weighted by Crippen LogP contribution is 2.22. The molecule has 0 radical (unpaired) electrons. The van der Waals surface area contributed by atoms with Gasteiger partial charge in [0.15, 0.2) is 0 Å². The van der Waals surface area contributed by atoms with Gasteiger partial charge in [0.25, 0.3) is 0 Å². The van der Waals surface area contributed by atoms with Crippen molar-refractivity contribution in [1.29, 1.82) is 0 Å². The van der Waals surface area contributed by atoms with E-state index in [2.05, 4.69) is 17.3 Å². The summed E-state index contributed by atoms with van der Waals surface area (Å²) in [5.41, 5.74) is 6.04. The third-order valence-electron chi connectivity index (χ3n) is 4.54. The van der Waals surface area contributed by atoms with Crippen molar-refractivity contribution in [3.63, 3.8) is 0 Å². The van der Waals surface area contributed by atoms with Crippen LogP contribution in [0.3, 0.4) is 0 Å². The molecule has 2 rings (SSSR count). The molecule has 0 saturated carbocycles. The molecule has 3 heteroatoms. The lowest BCUT2D eigenvalue weighted by molar-refractivity contribution is 0.168. The van der Waals surface area contributed by atoms with E-state index in [0.717, 1.165) is 12.5 Å². The number of hydrogen-bond acceptors (Lipinski definition) is 3. The van der Waals surface area contributed by atoms with Crippen LogP contribution in [0, 0.1) is 0 Å². The number of nitrogens with one attached hydrogen (secondary N) is 1. The van der Waals surface area contributed by atoms with Crippen LogP contribution in [0.25, 0.3) is 0 Å². The third-order valence-corrected chi connectivity index (χ3v) is 4.54. The van der Waals surface area contributed by atoms with Crippen LogP contribution in [0.1, 0.15) is 57.8 Å². The molecule has 0 aromatic heterocycles. The first-order chi connectivity index (χ1) is 8.25. The molecule has 2 aliphatic heterocycles. The Labute approximate surface area is 106 Å². The van der Waals surface area contributed by atoms with Crippen LogP contribution in [0.4, 0.5) is 0 Å². The molecule has 3 nitrogen and oxygen atoms in total. The lowest BCUT2D eigenvalue weighted by Crippen LogP contribution is -2.43. The van der Waals surface area contributed by atoms with Gasteiger partial charge in [0, 0.05) is 12.1 Å². The van der Waals surface area contributed by atoms with E-state index in [4.69, 9.17) is 5.73 Å². The summed E-state index contributed by atoms with van der Waals surface area (Å²) in [5, 5.41) is 3.59. The second-order valence-electron chi connectivity index (χ2n) is 5.96. The second-order valence-corrected chi connectivity index (χ2v) is 5.96. The highest BCUT2D eigenvalue weighted by atomic mass is 15.1. The van der Waals surface area contributed by atoms with Gasteiger partial charge in [0.2, 0.25) is 0 Å². The van der Waals surface area contributed by atoms with Gasteiger partial charge in [-0.2, -0.15) is 0 Å². The quantitative estimate of drug-likeness (QED) is 0.792. The summed E-state index contributed by atoms with van der Waals surface area (Å²) in [6.07, 6.45) is 12.2. The minimum absolute atomic E-state index is 0.242. The molecule has 3 unspecified atom stereocenters. The number of likely N-dealkylation sites (tertiary alicyclic amines) is 1. The van der Waals surface area contributed by atoms with E-state index in [1.54, 1.807) is 0 Å². The first kappa shape index (κ1) is 13.3. The van der Waals surface area contributed by atoms with Crippen molar-refractivity contribution in [2.45, 2.75) is 76.0 Å². The number of nitrogens with two attached hydrogens (primary N) is 1. The van der Waals surface area contributed by atoms with Crippen LogP contribution >= 0.6 is 0 Å². The maximum Gasteiger partial charge on any atom is 0.0548 e. The van der Waals surface area contributed by atoms with Crippen molar-refractivity contribution in [3.05, 3.63) is 0 Å². The molecular weight excluding hydrogens is 210 g/mol. The number of hydrogen-bond donors (Lipinski definition) is 2. The summed E-state index contributed by atoms with van der Waals surface area (Å²) in [5.74, 6) is 0. The summed E-state index contributed by atoms with van der Waals surface area (Å²) >= 11 is 0. The van der Waals surface area contributed by atoms with Gasteiger partial charge in [-0.3, -0.25) is 5.32 Å². The highest BCUT2D eigenvalue weighted by Gasteiger charge is 2.21. The molecule has 2 heterocycles. The normalized spacial score (nSPS) is 36.7. The smallest absolute Gasteiger partial charge is 0.0548 e. The van der Waals surface area contributed by atoms with Crippen LogP contribution in [0.2, 0.25) is 0 Å². The maximum atomic E-state index is 6.04. The molecule has 2 fully saturated rings. The Balaban J connectivity index is 1.72. The van der Waals surface area contributed by atoms with Crippen molar-refractivity contribution >= 4 is 0 Å². The first-order valence-corrected chi connectivity index (χ1v) is 7.47. The van der Waals surface area contributed by atoms with Crippen molar-refractivity contribution in [2.75, 3.05) is 13.6 Å². The largest absolute Gasteiger partial charge is 0.316 e. The van der Waals surface area contributed by atoms with E-state index in [1.165, 1.54) is 57.9 Å². The van der Waals surface area contributed by atoms with Crippen molar-refractivity contribution in [2.24, 2.45) is 5.73 Å². The second kappa shape index (κ2) is 6.72. The molecule has 17 heavy (non-hydrogen) atoms. The maximum absolute atomic E-state index is 6.04. The van der Waals surface area contributed by atoms with E-state index in [-0.39, 0.29) is 6.17 Å². The number of rotatable bonds is 3. The third kappa shape index (κ3) is 4.23. The minimum Gasteiger partial charge on any atom is -0.316 e. The molecule has 3 N–H and O–H groups in total. The van der Waals surface area contributed by atoms with Gasteiger partial charge in [-0.1, -0.05) is 19.3 Å². The van der Waals surface area contributed by atoms with Gasteiger partial charge in [0.05, 0.1) is 6.17 Å². The van der Waals surface area contributed by atoms with Gasteiger partial charge >= 0.3 is 0 Å². The fraction of sp³-hybridized carbons (Fsp3) is 1.00. The summed E-state index contributed by atoms with van der Waals surface area (Å²) in [6, 6.07) is 1.49. The molecule has 0 bridgehead atoms. The van der Waals surface area contributed by atoms with Crippen LogP contribution in [-0.2, 0) is 0 Å². The lowest BCUT2D eigenvalue weighted by atomic mass is 9.95. The summed E-state index contributed by atoms with van der Waals surface area (Å²) in [7, 11) is 2.29. The van der Waals surface area contributed by atoms with Gasteiger partial charge in [-0.25, -0.2) is 0 Å². The van der Waals surface area contributed by atoms with Crippen molar-refractivity contribution in [1.82, 2.24) is 10.2 Å². The van der Waals surface area contributed by atoms with Gasteiger partial charge < -0.3 is 10.6 Å². The highest BCUT2D eigenvalue weighted by molar-refractivity contribution is 4.80. The Morgan fingerprint density at radius 3 is 2.65 bits per heavy atom. The number of nitrogens with zero attached hydrogens (tertiary/aromatic N) is 1. The molecular formula is C14H29N3. The molecule has 100 valence electrons. The molecule has 2 aliphatic rings. The molecule has 0 amide bonds. The Morgan fingerprint density at radius 1 is 1.06 bits per heavy atom. The molecule has 2 saturated heterocycles. The van der Waals surface area contributed by atoms with Crippen LogP contribution in [0.15, 0.2) is 0 Å². The SMILES string of the molecule is CN1CCCCC1CCC1CCCCC(N)N1. The summed E-state index contributed by atoms with van der Waals surface area (Å²) < 4.78 is 0. The Bertz CT molecular complexity index is 220. The van der Waals surface area contributed by atoms with E-state index in [9.17, 15) is 0 Å². The minimum atomic E-state index is 0.242. The zero-order valence-corrected chi connectivity index (χ0v) is 11.3. The topological polar surface area (TPSA) is 41.3 Å². The molecule has 3 atom stereocenters. The fourth-order valence-corrected chi connectivity index (χ4v) is 3.35. The average Bonchev–Trinajstić information content (AvgIpc) is 2.53. The monoisotopic (exact) mass is 239 g/mol. The van der Waals surface area contributed by atoms with Crippen LogP contribution < -0.4 is 11.1 Å². The Hall–Kier alpha value is -0.120. The van der Waals surface area contributed by atoms with Gasteiger partial charge in [-0.15, -0.1) is 0 Å². The van der Waals surface area contributed by atoms with Gasteiger partial charge in [0.1, 0.15) is 0 Å². The molecule has 0 aliphatic carbocycles. The fourth-order valence-electron chi connectivity index (χ4n) is 3.35. The van der Waals surface area contributed by atoms with E-state index in [1.807, 2.05) is 0 Å². The van der Waals surface area contributed by atoms with E-state index in [0.29, 0.717) is 6.04 Å². The van der Waals surface area contributed by atoms with Gasteiger partial charge in [-0.05, 0) is 52.1 Å². The molecule has 0 aromatic carbocycles. The predicted molar refractivity (Wildman–Crippen MR) is 72.9 cm³/mol. The summed E-state index contributed by atoms with van der Waals surface area (Å²) in [6.45, 7) is 1.29. The molecule has 0 aromatic rings. The first-order valence-electron chi connectivity index (χ1n) is 7.47. The van der Waals surface area contributed by atoms with Crippen molar-refractivity contribution in [3.8, 4) is 0 Å². The standard InChI is InChI=1S/C14H29N3/c1-17-11-5-4-7-13(17)10-9-12-6-2-3-8-14(15)16-12/h12-14,16H,2-11,15H2,1H3. The van der Waals surface area contributed by atoms with E-state index < -0.39 is 0 Å².